The van der Waals surface area contributed by atoms with Gasteiger partial charge in [0.2, 0.25) is 0 Å². The van der Waals surface area contributed by atoms with Gasteiger partial charge in [0.15, 0.2) is 0 Å². The Kier molecular flexibility index (Phi) is 4.88. The minimum absolute atomic E-state index is 0.161. The number of nitrogens with zero attached hydrogens (tertiary/aromatic N) is 3. The first-order chi connectivity index (χ1) is 17.0. The molecule has 2 amide bonds. The molecule has 0 bridgehead atoms. The Labute approximate surface area is 205 Å². The number of benzene rings is 3. The van der Waals surface area contributed by atoms with Crippen LogP contribution in [0.3, 0.4) is 0 Å². The van der Waals surface area contributed by atoms with E-state index < -0.39 is 0 Å². The lowest BCUT2D eigenvalue weighted by Crippen LogP contribution is -2.41. The van der Waals surface area contributed by atoms with Gasteiger partial charge in [-0.2, -0.15) is 0 Å². The third-order valence-electron chi connectivity index (χ3n) is 7.28. The number of aryl methyl sites for hydroxylation is 1. The number of para-hydroxylation sites is 3. The molecular weight excluding hydrogens is 434 g/mol. The van der Waals surface area contributed by atoms with E-state index in [1.165, 1.54) is 26.8 Å². The molecule has 3 heterocycles. The normalized spacial score (nSPS) is 19.5. The number of hydrogen-bond acceptors (Lipinski definition) is 3. The standard InChI is InChI=1S/C30H27N3O2/c1-30(2)25-17-9-11-21-12-10-20-31(27(21)25)26(30)19-18-24-28(34)32(22-13-5-3-6-14-22)33(29(24)35)23-15-7-4-8-16-23/h3-9,11,13-19H,10,12,20H2,1-2H3. The fourth-order valence-corrected chi connectivity index (χ4v) is 5.58. The SMILES string of the molecule is CC1(C)C(=CC=C2C(=O)N(c3ccccc3)N(c3ccccc3)C2=O)N2CCCc3cccc1c32. The number of carbonyl (C=O) groups is 2. The predicted octanol–water partition coefficient (Wildman–Crippen LogP) is 5.54. The molecule has 1 saturated heterocycles. The lowest BCUT2D eigenvalue weighted by molar-refractivity contribution is -0.116. The Morgan fingerprint density at radius 2 is 1.34 bits per heavy atom. The van der Waals surface area contributed by atoms with Crippen LogP contribution < -0.4 is 14.9 Å². The van der Waals surface area contributed by atoms with E-state index in [0.717, 1.165) is 25.1 Å². The van der Waals surface area contributed by atoms with Gasteiger partial charge >= 0.3 is 0 Å². The highest BCUT2D eigenvalue weighted by Crippen LogP contribution is 2.51. The fourth-order valence-electron chi connectivity index (χ4n) is 5.58. The maximum Gasteiger partial charge on any atom is 0.283 e. The van der Waals surface area contributed by atoms with Crippen molar-refractivity contribution in [2.24, 2.45) is 0 Å². The Morgan fingerprint density at radius 1 is 0.743 bits per heavy atom. The van der Waals surface area contributed by atoms with Crippen molar-refractivity contribution in [1.82, 2.24) is 0 Å². The number of rotatable bonds is 3. The minimum atomic E-state index is -0.324. The first-order valence-corrected chi connectivity index (χ1v) is 12.1. The molecular formula is C30H27N3O2. The number of carbonyl (C=O) groups excluding carboxylic acids is 2. The summed E-state index contributed by atoms with van der Waals surface area (Å²) in [5.41, 5.74) is 6.35. The molecule has 6 rings (SSSR count). The summed E-state index contributed by atoms with van der Waals surface area (Å²) in [6, 6.07) is 25.2. The van der Waals surface area contributed by atoms with Gasteiger partial charge in [0, 0.05) is 23.3 Å². The van der Waals surface area contributed by atoms with Crippen LogP contribution in [0.15, 0.2) is 102 Å². The minimum Gasteiger partial charge on any atom is -0.344 e. The molecule has 5 heteroatoms. The van der Waals surface area contributed by atoms with Crippen molar-refractivity contribution in [2.75, 3.05) is 21.5 Å². The molecule has 0 N–H and O–H groups in total. The molecule has 0 saturated carbocycles. The maximum absolute atomic E-state index is 13.7. The average molecular weight is 462 g/mol. The van der Waals surface area contributed by atoms with E-state index in [2.05, 4.69) is 36.9 Å². The molecule has 35 heavy (non-hydrogen) atoms. The third-order valence-corrected chi connectivity index (χ3v) is 7.28. The number of allylic oxidation sites excluding steroid dienone is 3. The molecule has 5 nitrogen and oxygen atoms in total. The van der Waals surface area contributed by atoms with Crippen molar-refractivity contribution in [3.05, 3.63) is 113 Å². The second-order valence-electron chi connectivity index (χ2n) is 9.73. The van der Waals surface area contributed by atoms with Crippen LogP contribution in [0.5, 0.6) is 0 Å². The van der Waals surface area contributed by atoms with Gasteiger partial charge in [-0.05, 0) is 60.4 Å². The summed E-state index contributed by atoms with van der Waals surface area (Å²) in [5.74, 6) is -0.649. The number of hydrazine groups is 1. The molecule has 3 aliphatic heterocycles. The second-order valence-corrected chi connectivity index (χ2v) is 9.73. The van der Waals surface area contributed by atoms with Gasteiger partial charge in [-0.1, -0.05) is 68.4 Å². The molecule has 0 unspecified atom stereocenters. The topological polar surface area (TPSA) is 43.9 Å². The largest absolute Gasteiger partial charge is 0.344 e. The molecule has 3 aromatic carbocycles. The summed E-state index contributed by atoms with van der Waals surface area (Å²) >= 11 is 0. The molecule has 174 valence electrons. The molecule has 0 spiro atoms. The third kappa shape index (κ3) is 3.22. The van der Waals surface area contributed by atoms with Crippen LogP contribution >= 0.6 is 0 Å². The van der Waals surface area contributed by atoms with Crippen LogP contribution in [0.25, 0.3) is 0 Å². The summed E-state index contributed by atoms with van der Waals surface area (Å²) < 4.78 is 0. The van der Waals surface area contributed by atoms with Gasteiger partial charge in [-0.15, -0.1) is 0 Å². The quantitative estimate of drug-likeness (QED) is 0.380. The summed E-state index contributed by atoms with van der Waals surface area (Å²) in [5, 5.41) is 2.94. The van der Waals surface area contributed by atoms with E-state index in [1.807, 2.05) is 66.7 Å². The molecule has 3 aliphatic rings. The van der Waals surface area contributed by atoms with Gasteiger partial charge in [-0.3, -0.25) is 9.59 Å². The van der Waals surface area contributed by atoms with E-state index in [1.54, 1.807) is 6.08 Å². The van der Waals surface area contributed by atoms with Gasteiger partial charge in [0.1, 0.15) is 5.57 Å². The van der Waals surface area contributed by atoms with E-state index in [-0.39, 0.29) is 22.8 Å². The zero-order valence-electron chi connectivity index (χ0n) is 19.9. The van der Waals surface area contributed by atoms with Crippen LogP contribution in [0.4, 0.5) is 17.1 Å². The van der Waals surface area contributed by atoms with Crippen molar-refractivity contribution < 1.29 is 9.59 Å². The van der Waals surface area contributed by atoms with Crippen LogP contribution in [0, 0.1) is 0 Å². The second kappa shape index (κ2) is 7.98. The van der Waals surface area contributed by atoms with Gasteiger partial charge in [-0.25, -0.2) is 10.0 Å². The maximum atomic E-state index is 13.7. The van der Waals surface area contributed by atoms with Crippen LogP contribution in [0.1, 0.15) is 31.4 Å². The van der Waals surface area contributed by atoms with Crippen molar-refractivity contribution in [3.63, 3.8) is 0 Å². The molecule has 0 atom stereocenters. The zero-order valence-corrected chi connectivity index (χ0v) is 19.9. The highest BCUT2D eigenvalue weighted by molar-refractivity contribution is 6.36. The number of anilines is 3. The lowest BCUT2D eigenvalue weighted by atomic mass is 9.83. The molecule has 0 radical (unpaired) electrons. The van der Waals surface area contributed by atoms with Crippen molar-refractivity contribution in [2.45, 2.75) is 32.1 Å². The first-order valence-electron chi connectivity index (χ1n) is 12.1. The van der Waals surface area contributed by atoms with Gasteiger partial charge < -0.3 is 4.90 Å². The van der Waals surface area contributed by atoms with E-state index >= 15 is 0 Å². The lowest BCUT2D eigenvalue weighted by Gasteiger charge is -2.30. The Morgan fingerprint density at radius 3 is 1.94 bits per heavy atom. The highest BCUT2D eigenvalue weighted by Gasteiger charge is 2.44. The summed E-state index contributed by atoms with van der Waals surface area (Å²) in [6.07, 6.45) is 5.87. The van der Waals surface area contributed by atoms with E-state index in [9.17, 15) is 9.59 Å². The van der Waals surface area contributed by atoms with Gasteiger partial charge in [0.25, 0.3) is 11.8 Å². The smallest absolute Gasteiger partial charge is 0.283 e. The number of hydrogen-bond donors (Lipinski definition) is 0. The fraction of sp³-hybridized carbons (Fsp3) is 0.200. The van der Waals surface area contributed by atoms with E-state index in [4.69, 9.17) is 0 Å². The molecule has 3 aromatic rings. The van der Waals surface area contributed by atoms with Crippen LogP contribution in [-0.2, 0) is 21.4 Å². The highest BCUT2D eigenvalue weighted by atomic mass is 16.2. The Hall–Kier alpha value is -4.12. The van der Waals surface area contributed by atoms with Crippen molar-refractivity contribution in [3.8, 4) is 0 Å². The van der Waals surface area contributed by atoms with Crippen molar-refractivity contribution in [1.29, 1.82) is 0 Å². The van der Waals surface area contributed by atoms with Gasteiger partial charge in [0.05, 0.1) is 11.4 Å². The van der Waals surface area contributed by atoms with Crippen molar-refractivity contribution >= 4 is 28.9 Å². The Bertz CT molecular complexity index is 1330. The Balaban J connectivity index is 1.45. The first kappa shape index (κ1) is 21.4. The van der Waals surface area contributed by atoms with Crippen LogP contribution in [-0.4, -0.2) is 18.4 Å². The van der Waals surface area contributed by atoms with E-state index in [0.29, 0.717) is 11.4 Å². The summed E-state index contributed by atoms with van der Waals surface area (Å²) in [7, 11) is 0. The summed E-state index contributed by atoms with van der Waals surface area (Å²) in [4.78, 5) is 29.7. The summed E-state index contributed by atoms with van der Waals surface area (Å²) in [6.45, 7) is 5.38. The molecule has 0 aliphatic carbocycles. The predicted molar refractivity (Wildman–Crippen MR) is 139 cm³/mol. The number of amides is 2. The average Bonchev–Trinajstić information content (AvgIpc) is 3.26. The molecule has 0 aromatic heterocycles. The molecule has 1 fully saturated rings. The monoisotopic (exact) mass is 461 g/mol. The zero-order chi connectivity index (χ0) is 24.2. The van der Waals surface area contributed by atoms with Crippen LogP contribution in [0.2, 0.25) is 0 Å².